The van der Waals surface area contributed by atoms with Gasteiger partial charge in [0.2, 0.25) is 0 Å². The van der Waals surface area contributed by atoms with Crippen molar-refractivity contribution >= 4 is 18.3 Å². The highest BCUT2D eigenvalue weighted by Gasteiger charge is 2.27. The van der Waals surface area contributed by atoms with Crippen molar-refractivity contribution in [3.63, 3.8) is 0 Å². The molecule has 146 valence electrons. The number of amides is 1. The van der Waals surface area contributed by atoms with Gasteiger partial charge in [0.05, 0.1) is 7.11 Å². The summed E-state index contributed by atoms with van der Waals surface area (Å²) in [7, 11) is 1.65. The van der Waals surface area contributed by atoms with E-state index in [4.69, 9.17) is 4.74 Å². The van der Waals surface area contributed by atoms with E-state index in [1.807, 2.05) is 24.3 Å². The Kier molecular flexibility index (Phi) is 8.73. The van der Waals surface area contributed by atoms with E-state index in [1.165, 1.54) is 45.2 Å². The van der Waals surface area contributed by atoms with Gasteiger partial charge in [-0.3, -0.25) is 4.79 Å². The molecule has 0 saturated carbocycles. The van der Waals surface area contributed by atoms with E-state index in [0.29, 0.717) is 6.04 Å². The van der Waals surface area contributed by atoms with E-state index in [2.05, 4.69) is 9.80 Å². The quantitative estimate of drug-likeness (QED) is 0.760. The molecule has 1 amide bonds. The molecule has 3 rings (SSSR count). The summed E-state index contributed by atoms with van der Waals surface area (Å²) < 4.78 is 5.20. The highest BCUT2D eigenvalue weighted by Crippen LogP contribution is 2.24. The predicted molar refractivity (Wildman–Crippen MR) is 108 cm³/mol. The topological polar surface area (TPSA) is 32.8 Å². The third kappa shape index (κ3) is 5.62. The lowest BCUT2D eigenvalue weighted by Gasteiger charge is -2.37. The molecule has 1 aromatic rings. The minimum Gasteiger partial charge on any atom is -0.497 e. The van der Waals surface area contributed by atoms with Crippen LogP contribution in [0.25, 0.3) is 0 Å². The first kappa shape index (κ1) is 21.0. The van der Waals surface area contributed by atoms with Gasteiger partial charge < -0.3 is 14.5 Å². The zero-order chi connectivity index (χ0) is 17.5. The molecule has 2 aliphatic rings. The molecule has 2 saturated heterocycles. The number of carbonyl (C=O) groups excluding carboxylic acids is 1. The Labute approximate surface area is 164 Å². The minimum absolute atomic E-state index is 0. The fraction of sp³-hybridized carbons (Fsp3) is 0.667. The third-order valence-corrected chi connectivity index (χ3v) is 5.70. The Morgan fingerprint density at radius 2 is 1.65 bits per heavy atom. The number of nitrogens with zero attached hydrogens (tertiary/aromatic N) is 2. The second kappa shape index (κ2) is 10.8. The first-order chi connectivity index (χ1) is 12.3. The number of piperidine rings is 1. The fourth-order valence-corrected chi connectivity index (χ4v) is 4.16. The largest absolute Gasteiger partial charge is 0.497 e. The molecular formula is C21H33ClN2O2. The average molecular weight is 381 g/mol. The number of likely N-dealkylation sites (tertiary alicyclic amines) is 2. The van der Waals surface area contributed by atoms with Crippen molar-refractivity contribution in [3.05, 3.63) is 29.8 Å². The number of methoxy groups -OCH3 is 1. The first-order valence-corrected chi connectivity index (χ1v) is 9.95. The molecule has 1 aromatic carbocycles. The normalized spacial score (nSPS) is 21.6. The summed E-state index contributed by atoms with van der Waals surface area (Å²) >= 11 is 0. The molecule has 1 unspecified atom stereocenters. The lowest BCUT2D eigenvalue weighted by Crippen LogP contribution is -2.45. The van der Waals surface area contributed by atoms with Crippen molar-refractivity contribution in [2.24, 2.45) is 0 Å². The van der Waals surface area contributed by atoms with Gasteiger partial charge in [0.25, 0.3) is 5.91 Å². The molecular weight excluding hydrogens is 348 g/mol. The van der Waals surface area contributed by atoms with E-state index in [0.717, 1.165) is 43.7 Å². The van der Waals surface area contributed by atoms with E-state index in [-0.39, 0.29) is 18.3 Å². The Balaban J connectivity index is 0.00000243. The van der Waals surface area contributed by atoms with Crippen molar-refractivity contribution < 1.29 is 9.53 Å². The number of hydrogen-bond acceptors (Lipinski definition) is 3. The minimum atomic E-state index is 0. The summed E-state index contributed by atoms with van der Waals surface area (Å²) in [6.07, 6.45) is 10.1. The van der Waals surface area contributed by atoms with Crippen LogP contribution in [0.3, 0.4) is 0 Å². The standard InChI is InChI=1S/C21H32N2O2.ClH/c1-25-20-11-9-18(10-12-20)21(24)23-16-7-4-8-19(23)13-17-22-14-5-2-3-6-15-22;/h9-12,19H,2-8,13-17H2,1H3;1H. The van der Waals surface area contributed by atoms with Crippen LogP contribution in [-0.4, -0.2) is 55.0 Å². The van der Waals surface area contributed by atoms with Gasteiger partial charge >= 0.3 is 0 Å². The molecule has 0 N–H and O–H groups in total. The van der Waals surface area contributed by atoms with Crippen molar-refractivity contribution in [3.8, 4) is 5.75 Å². The van der Waals surface area contributed by atoms with Gasteiger partial charge in [0, 0.05) is 24.7 Å². The zero-order valence-electron chi connectivity index (χ0n) is 16.0. The highest BCUT2D eigenvalue weighted by molar-refractivity contribution is 5.94. The van der Waals surface area contributed by atoms with Crippen LogP contribution < -0.4 is 4.74 Å². The molecule has 0 aromatic heterocycles. The van der Waals surface area contributed by atoms with Gasteiger partial charge in [0.1, 0.15) is 5.75 Å². The molecule has 2 fully saturated rings. The molecule has 1 atom stereocenters. The molecule has 4 nitrogen and oxygen atoms in total. The smallest absolute Gasteiger partial charge is 0.254 e. The third-order valence-electron chi connectivity index (χ3n) is 5.70. The van der Waals surface area contributed by atoms with Crippen molar-refractivity contribution in [1.29, 1.82) is 0 Å². The molecule has 0 aliphatic carbocycles. The summed E-state index contributed by atoms with van der Waals surface area (Å²) in [5, 5.41) is 0. The number of rotatable bonds is 5. The molecule has 0 radical (unpaired) electrons. The highest BCUT2D eigenvalue weighted by atomic mass is 35.5. The fourth-order valence-electron chi connectivity index (χ4n) is 4.16. The number of hydrogen-bond donors (Lipinski definition) is 0. The van der Waals surface area contributed by atoms with Crippen molar-refractivity contribution in [2.45, 2.75) is 57.4 Å². The molecule has 5 heteroatoms. The Hall–Kier alpha value is -1.26. The maximum Gasteiger partial charge on any atom is 0.254 e. The van der Waals surface area contributed by atoms with Crippen LogP contribution in [0.2, 0.25) is 0 Å². The first-order valence-electron chi connectivity index (χ1n) is 9.95. The van der Waals surface area contributed by atoms with E-state index < -0.39 is 0 Å². The number of carbonyl (C=O) groups is 1. The molecule has 26 heavy (non-hydrogen) atoms. The van der Waals surface area contributed by atoms with Gasteiger partial charge in [-0.05, 0) is 75.9 Å². The predicted octanol–water partition coefficient (Wildman–Crippen LogP) is 4.38. The van der Waals surface area contributed by atoms with Crippen LogP contribution in [0.4, 0.5) is 0 Å². The summed E-state index contributed by atoms with van der Waals surface area (Å²) in [6.45, 7) is 4.50. The number of ether oxygens (including phenoxy) is 1. The molecule has 0 spiro atoms. The lowest BCUT2D eigenvalue weighted by molar-refractivity contribution is 0.0584. The monoisotopic (exact) mass is 380 g/mol. The summed E-state index contributed by atoms with van der Waals surface area (Å²) in [5.74, 6) is 0.983. The van der Waals surface area contributed by atoms with Gasteiger partial charge in [-0.1, -0.05) is 12.8 Å². The number of benzene rings is 1. The Bertz CT molecular complexity index is 541. The summed E-state index contributed by atoms with van der Waals surface area (Å²) in [5.41, 5.74) is 0.780. The van der Waals surface area contributed by atoms with Crippen LogP contribution in [0, 0.1) is 0 Å². The Morgan fingerprint density at radius 1 is 1.00 bits per heavy atom. The van der Waals surface area contributed by atoms with Crippen molar-refractivity contribution in [2.75, 3.05) is 33.3 Å². The number of halogens is 1. The van der Waals surface area contributed by atoms with Crippen LogP contribution >= 0.6 is 12.4 Å². The second-order valence-electron chi connectivity index (χ2n) is 7.42. The van der Waals surface area contributed by atoms with Crippen molar-refractivity contribution in [1.82, 2.24) is 9.80 Å². The van der Waals surface area contributed by atoms with Gasteiger partial charge in [-0.15, -0.1) is 12.4 Å². The van der Waals surface area contributed by atoms with Crippen LogP contribution in [-0.2, 0) is 0 Å². The van der Waals surface area contributed by atoms with Crippen LogP contribution in [0.1, 0.15) is 61.7 Å². The van der Waals surface area contributed by atoms with Crippen LogP contribution in [0.15, 0.2) is 24.3 Å². The zero-order valence-corrected chi connectivity index (χ0v) is 16.8. The maximum absolute atomic E-state index is 13.0. The molecule has 2 heterocycles. The lowest BCUT2D eigenvalue weighted by atomic mass is 9.97. The van der Waals surface area contributed by atoms with Gasteiger partial charge in [-0.25, -0.2) is 0 Å². The summed E-state index contributed by atoms with van der Waals surface area (Å²) in [6, 6.07) is 7.93. The SMILES string of the molecule is COc1ccc(C(=O)N2CCCCC2CCN2CCCCCC2)cc1.Cl. The molecule has 2 aliphatic heterocycles. The molecule has 0 bridgehead atoms. The second-order valence-corrected chi connectivity index (χ2v) is 7.42. The van der Waals surface area contributed by atoms with Gasteiger partial charge in [0.15, 0.2) is 0 Å². The average Bonchev–Trinajstić information content (AvgIpc) is 2.95. The van der Waals surface area contributed by atoms with E-state index in [9.17, 15) is 4.79 Å². The summed E-state index contributed by atoms with van der Waals surface area (Å²) in [4.78, 5) is 17.7. The Morgan fingerprint density at radius 3 is 2.31 bits per heavy atom. The van der Waals surface area contributed by atoms with E-state index in [1.54, 1.807) is 7.11 Å². The van der Waals surface area contributed by atoms with Gasteiger partial charge in [-0.2, -0.15) is 0 Å². The van der Waals surface area contributed by atoms with E-state index >= 15 is 0 Å². The maximum atomic E-state index is 13.0. The van der Waals surface area contributed by atoms with Crippen LogP contribution in [0.5, 0.6) is 5.75 Å².